The summed E-state index contributed by atoms with van der Waals surface area (Å²) in [5, 5.41) is 7.32. The van der Waals surface area contributed by atoms with E-state index >= 15 is 0 Å². The fraction of sp³-hybridized carbons (Fsp3) is 0.500. The van der Waals surface area contributed by atoms with Gasteiger partial charge in [-0.1, -0.05) is 6.07 Å². The van der Waals surface area contributed by atoms with E-state index in [0.29, 0.717) is 19.8 Å². The summed E-state index contributed by atoms with van der Waals surface area (Å²) in [6.45, 7) is 5.73. The lowest BCUT2D eigenvalue weighted by atomic mass is 9.92. The van der Waals surface area contributed by atoms with Gasteiger partial charge in [-0.2, -0.15) is 5.10 Å². The standard InChI is InChI=1S/C18H25N5O2.2ClH/c1-12-9-13(2)23(22-12)16-4-3-14(10-20-16)11-21-18(24)17(19)15-5-7-25-8-6-15;;/h3-4,9-10,15,17H,5-8,11,19H2,1-2H3,(H,21,24);2*1H. The molecule has 1 saturated heterocycles. The topological polar surface area (TPSA) is 95.1 Å². The highest BCUT2D eigenvalue weighted by Gasteiger charge is 2.26. The average molecular weight is 416 g/mol. The van der Waals surface area contributed by atoms with Crippen molar-refractivity contribution < 1.29 is 9.53 Å². The first-order valence-corrected chi connectivity index (χ1v) is 8.64. The van der Waals surface area contributed by atoms with Gasteiger partial charge >= 0.3 is 0 Å². The van der Waals surface area contributed by atoms with Gasteiger partial charge in [-0.05, 0) is 50.3 Å². The first-order valence-electron chi connectivity index (χ1n) is 8.64. The van der Waals surface area contributed by atoms with Crippen molar-refractivity contribution in [2.45, 2.75) is 39.3 Å². The molecule has 2 aromatic rings. The maximum atomic E-state index is 12.2. The van der Waals surface area contributed by atoms with E-state index in [4.69, 9.17) is 10.5 Å². The zero-order valence-corrected chi connectivity index (χ0v) is 17.2. The zero-order chi connectivity index (χ0) is 17.8. The summed E-state index contributed by atoms with van der Waals surface area (Å²) in [6.07, 6.45) is 3.44. The van der Waals surface area contributed by atoms with Crippen LogP contribution in [-0.2, 0) is 16.1 Å². The van der Waals surface area contributed by atoms with Crippen molar-refractivity contribution in [3.63, 3.8) is 0 Å². The number of aryl methyl sites for hydroxylation is 2. The van der Waals surface area contributed by atoms with Crippen LogP contribution >= 0.6 is 24.8 Å². The Hall–Kier alpha value is -1.67. The van der Waals surface area contributed by atoms with E-state index in [0.717, 1.165) is 35.6 Å². The third-order valence-electron chi connectivity index (χ3n) is 4.58. The number of halogens is 2. The molecule has 7 nitrogen and oxygen atoms in total. The summed E-state index contributed by atoms with van der Waals surface area (Å²) in [5.74, 6) is 0.842. The largest absolute Gasteiger partial charge is 0.381 e. The molecule has 0 bridgehead atoms. The third-order valence-corrected chi connectivity index (χ3v) is 4.58. The highest BCUT2D eigenvalue weighted by Crippen LogP contribution is 2.17. The number of aromatic nitrogens is 3. The number of nitrogens with one attached hydrogen (secondary N) is 1. The minimum atomic E-state index is -0.481. The fourth-order valence-corrected chi connectivity index (χ4v) is 3.10. The molecule has 1 unspecified atom stereocenters. The van der Waals surface area contributed by atoms with Gasteiger partial charge in [-0.3, -0.25) is 4.79 Å². The molecule has 3 heterocycles. The molecule has 0 radical (unpaired) electrons. The lowest BCUT2D eigenvalue weighted by Gasteiger charge is -2.26. The van der Waals surface area contributed by atoms with Crippen molar-refractivity contribution in [1.29, 1.82) is 0 Å². The quantitative estimate of drug-likeness (QED) is 0.779. The molecule has 1 atom stereocenters. The maximum Gasteiger partial charge on any atom is 0.237 e. The number of nitrogens with two attached hydrogens (primary N) is 1. The maximum absolute atomic E-state index is 12.2. The van der Waals surface area contributed by atoms with Crippen LogP contribution in [0.4, 0.5) is 0 Å². The number of carbonyl (C=O) groups is 1. The van der Waals surface area contributed by atoms with E-state index in [1.165, 1.54) is 0 Å². The van der Waals surface area contributed by atoms with Crippen LogP contribution in [0.2, 0.25) is 0 Å². The molecule has 0 saturated carbocycles. The minimum absolute atomic E-state index is 0. The number of pyridine rings is 1. The number of amides is 1. The summed E-state index contributed by atoms with van der Waals surface area (Å²) < 4.78 is 7.12. The number of rotatable bonds is 5. The zero-order valence-electron chi connectivity index (χ0n) is 15.6. The van der Waals surface area contributed by atoms with Gasteiger partial charge in [0.15, 0.2) is 5.82 Å². The molecule has 150 valence electrons. The van der Waals surface area contributed by atoms with Crippen molar-refractivity contribution in [1.82, 2.24) is 20.1 Å². The van der Waals surface area contributed by atoms with Crippen LogP contribution in [0, 0.1) is 19.8 Å². The molecule has 3 N–H and O–H groups in total. The van der Waals surface area contributed by atoms with Crippen LogP contribution < -0.4 is 11.1 Å². The molecule has 2 aromatic heterocycles. The summed E-state index contributed by atoms with van der Waals surface area (Å²) in [5.41, 5.74) is 9.00. The van der Waals surface area contributed by atoms with E-state index in [1.54, 1.807) is 10.9 Å². The number of carbonyl (C=O) groups excluding carboxylic acids is 1. The van der Waals surface area contributed by atoms with Crippen molar-refractivity contribution in [3.8, 4) is 5.82 Å². The van der Waals surface area contributed by atoms with Gasteiger partial charge in [0.05, 0.1) is 11.7 Å². The van der Waals surface area contributed by atoms with Crippen LogP contribution in [0.25, 0.3) is 5.82 Å². The molecule has 0 aromatic carbocycles. The summed E-state index contributed by atoms with van der Waals surface area (Å²) >= 11 is 0. The second-order valence-corrected chi connectivity index (χ2v) is 6.56. The summed E-state index contributed by atoms with van der Waals surface area (Å²) in [6, 6.07) is 5.37. The molecular formula is C18H27Cl2N5O2. The van der Waals surface area contributed by atoms with E-state index in [1.807, 2.05) is 32.0 Å². The number of nitrogens with zero attached hydrogens (tertiary/aromatic N) is 3. The van der Waals surface area contributed by atoms with E-state index in [-0.39, 0.29) is 36.6 Å². The van der Waals surface area contributed by atoms with Crippen molar-refractivity contribution in [3.05, 3.63) is 41.3 Å². The Labute approximate surface area is 171 Å². The Bertz CT molecular complexity index is 730. The normalized spacial score (nSPS) is 15.4. The SMILES string of the molecule is Cc1cc(C)n(-c2ccc(CNC(=O)C(N)C3CCOCC3)cn2)n1.Cl.Cl. The van der Waals surface area contributed by atoms with Gasteiger partial charge in [0.2, 0.25) is 5.91 Å². The van der Waals surface area contributed by atoms with Crippen LogP contribution in [0.5, 0.6) is 0 Å². The molecular weight excluding hydrogens is 389 g/mol. The number of hydrogen-bond acceptors (Lipinski definition) is 5. The molecule has 1 fully saturated rings. The van der Waals surface area contributed by atoms with Gasteiger partial charge < -0.3 is 15.8 Å². The van der Waals surface area contributed by atoms with E-state index in [9.17, 15) is 4.79 Å². The second kappa shape index (κ2) is 10.6. The molecule has 0 aliphatic carbocycles. The lowest BCUT2D eigenvalue weighted by molar-refractivity contribution is -0.124. The first-order chi connectivity index (χ1) is 12.0. The van der Waals surface area contributed by atoms with Crippen LogP contribution in [0.3, 0.4) is 0 Å². The smallest absolute Gasteiger partial charge is 0.237 e. The summed E-state index contributed by atoms with van der Waals surface area (Å²) in [4.78, 5) is 16.7. The monoisotopic (exact) mass is 415 g/mol. The number of hydrogen-bond donors (Lipinski definition) is 2. The molecule has 9 heteroatoms. The molecule has 3 rings (SSSR count). The van der Waals surface area contributed by atoms with Gasteiger partial charge in [0.1, 0.15) is 0 Å². The predicted molar refractivity (Wildman–Crippen MR) is 109 cm³/mol. The fourth-order valence-electron chi connectivity index (χ4n) is 3.10. The lowest BCUT2D eigenvalue weighted by Crippen LogP contribution is -2.46. The van der Waals surface area contributed by atoms with Crippen molar-refractivity contribution in [2.75, 3.05) is 13.2 Å². The van der Waals surface area contributed by atoms with Gasteiger partial charge in [0, 0.05) is 31.6 Å². The van der Waals surface area contributed by atoms with Gasteiger partial charge in [0.25, 0.3) is 0 Å². The van der Waals surface area contributed by atoms with Crippen LogP contribution in [0.1, 0.15) is 29.8 Å². The van der Waals surface area contributed by atoms with Crippen molar-refractivity contribution in [2.24, 2.45) is 11.7 Å². The molecule has 1 aliphatic rings. The van der Waals surface area contributed by atoms with Gasteiger partial charge in [-0.25, -0.2) is 9.67 Å². The Balaban J connectivity index is 0.00000182. The average Bonchev–Trinajstić information content (AvgIpc) is 2.98. The molecule has 1 amide bonds. The molecule has 1 aliphatic heterocycles. The molecule has 27 heavy (non-hydrogen) atoms. The minimum Gasteiger partial charge on any atom is -0.381 e. The Morgan fingerprint density at radius 3 is 2.59 bits per heavy atom. The highest BCUT2D eigenvalue weighted by molar-refractivity contribution is 5.85. The van der Waals surface area contributed by atoms with Crippen molar-refractivity contribution >= 4 is 30.7 Å². The second-order valence-electron chi connectivity index (χ2n) is 6.56. The molecule has 0 spiro atoms. The third kappa shape index (κ3) is 5.90. The van der Waals surface area contributed by atoms with E-state index < -0.39 is 6.04 Å². The Morgan fingerprint density at radius 1 is 1.33 bits per heavy atom. The van der Waals surface area contributed by atoms with Crippen LogP contribution in [-0.4, -0.2) is 39.9 Å². The number of ether oxygens (including phenoxy) is 1. The highest BCUT2D eigenvalue weighted by atomic mass is 35.5. The van der Waals surface area contributed by atoms with Gasteiger partial charge in [-0.15, -0.1) is 24.8 Å². The summed E-state index contributed by atoms with van der Waals surface area (Å²) in [7, 11) is 0. The first kappa shape index (κ1) is 23.4. The predicted octanol–water partition coefficient (Wildman–Crippen LogP) is 2.10. The Morgan fingerprint density at radius 2 is 2.04 bits per heavy atom. The Kier molecular flexibility index (Phi) is 9.18. The van der Waals surface area contributed by atoms with Crippen LogP contribution in [0.15, 0.2) is 24.4 Å². The van der Waals surface area contributed by atoms with E-state index in [2.05, 4.69) is 15.4 Å².